The zero-order valence-corrected chi connectivity index (χ0v) is 16.2. The minimum atomic E-state index is -0.521. The Labute approximate surface area is 172 Å². The third kappa shape index (κ3) is 4.61. The van der Waals surface area contributed by atoms with Crippen molar-refractivity contribution < 1.29 is 19.2 Å². The molecule has 0 unspecified atom stereocenters. The van der Waals surface area contributed by atoms with Crippen LogP contribution in [-0.4, -0.2) is 30.8 Å². The van der Waals surface area contributed by atoms with Crippen molar-refractivity contribution in [2.45, 2.75) is 0 Å². The van der Waals surface area contributed by atoms with Crippen molar-refractivity contribution in [1.29, 1.82) is 0 Å². The first-order chi connectivity index (χ1) is 14.5. The smallest absolute Gasteiger partial charge is 0.275 e. The van der Waals surface area contributed by atoms with Gasteiger partial charge in [0.05, 0.1) is 23.8 Å². The second-order valence-electron chi connectivity index (χ2n) is 6.18. The zero-order chi connectivity index (χ0) is 21.5. The molecule has 0 saturated carbocycles. The molecular formula is C22H19N3O5. The van der Waals surface area contributed by atoms with Gasteiger partial charge < -0.3 is 9.47 Å². The van der Waals surface area contributed by atoms with Gasteiger partial charge in [0, 0.05) is 17.7 Å². The number of carbonyl (C=O) groups is 1. The second-order valence-corrected chi connectivity index (χ2v) is 6.18. The number of carbonyl (C=O) groups excluding carboxylic acids is 1. The molecule has 1 N–H and O–H groups in total. The molecule has 3 aromatic carbocycles. The van der Waals surface area contributed by atoms with Crippen LogP contribution < -0.4 is 14.9 Å². The number of amides is 1. The fourth-order valence-electron chi connectivity index (χ4n) is 2.82. The normalized spacial score (nSPS) is 10.7. The van der Waals surface area contributed by atoms with E-state index in [1.54, 1.807) is 18.2 Å². The molecule has 0 aromatic heterocycles. The molecule has 0 bridgehead atoms. The standard InChI is InChI=1S/C22H19N3O5/c1-3-10-30-20-9-8-18(25(27)28)11-17(20)14-23-24-22(26)19-12-15-6-4-5-7-16(15)13-21(19)29-2/h3-9,11-14H,1,10H2,2H3,(H,24,26)/b23-14-. The first kappa shape index (κ1) is 20.5. The molecule has 0 aliphatic carbocycles. The molecule has 0 atom stereocenters. The van der Waals surface area contributed by atoms with Gasteiger partial charge in [-0.05, 0) is 29.0 Å². The Morgan fingerprint density at radius 3 is 2.57 bits per heavy atom. The van der Waals surface area contributed by atoms with Crippen molar-refractivity contribution in [2.24, 2.45) is 5.10 Å². The van der Waals surface area contributed by atoms with Crippen LogP contribution in [0.25, 0.3) is 10.8 Å². The molecule has 0 saturated heterocycles. The van der Waals surface area contributed by atoms with Crippen molar-refractivity contribution in [3.8, 4) is 11.5 Å². The number of rotatable bonds is 8. The van der Waals surface area contributed by atoms with Crippen molar-refractivity contribution in [3.63, 3.8) is 0 Å². The molecular weight excluding hydrogens is 386 g/mol. The molecule has 8 nitrogen and oxygen atoms in total. The molecule has 1 amide bonds. The molecule has 0 fully saturated rings. The summed E-state index contributed by atoms with van der Waals surface area (Å²) >= 11 is 0. The van der Waals surface area contributed by atoms with Crippen LogP contribution in [0, 0.1) is 10.1 Å². The van der Waals surface area contributed by atoms with Gasteiger partial charge >= 0.3 is 0 Å². The molecule has 0 spiro atoms. The van der Waals surface area contributed by atoms with E-state index < -0.39 is 10.8 Å². The van der Waals surface area contributed by atoms with Crippen LogP contribution in [-0.2, 0) is 0 Å². The minimum absolute atomic E-state index is 0.120. The van der Waals surface area contributed by atoms with Gasteiger partial charge in [-0.2, -0.15) is 5.10 Å². The number of non-ortho nitro benzene ring substituents is 1. The van der Waals surface area contributed by atoms with E-state index >= 15 is 0 Å². The van der Waals surface area contributed by atoms with Gasteiger partial charge in [-0.1, -0.05) is 36.9 Å². The molecule has 0 heterocycles. The Balaban J connectivity index is 1.85. The molecule has 0 radical (unpaired) electrons. The number of hydrogen-bond donors (Lipinski definition) is 1. The number of fused-ring (bicyclic) bond motifs is 1. The third-order valence-corrected chi connectivity index (χ3v) is 4.24. The van der Waals surface area contributed by atoms with E-state index in [0.717, 1.165) is 10.8 Å². The highest BCUT2D eigenvalue weighted by Crippen LogP contribution is 2.26. The summed E-state index contributed by atoms with van der Waals surface area (Å²) in [5, 5.41) is 16.8. The van der Waals surface area contributed by atoms with Crippen molar-refractivity contribution in [3.05, 3.63) is 88.5 Å². The number of methoxy groups -OCH3 is 1. The largest absolute Gasteiger partial charge is 0.496 e. The lowest BCUT2D eigenvalue weighted by Gasteiger charge is -2.09. The summed E-state index contributed by atoms with van der Waals surface area (Å²) in [7, 11) is 1.48. The Bertz CT molecular complexity index is 1140. The Kier molecular flexibility index (Phi) is 6.39. The van der Waals surface area contributed by atoms with Crippen LogP contribution in [0.2, 0.25) is 0 Å². The molecule has 8 heteroatoms. The number of benzene rings is 3. The minimum Gasteiger partial charge on any atom is -0.496 e. The molecule has 0 aliphatic rings. The van der Waals surface area contributed by atoms with E-state index in [0.29, 0.717) is 22.6 Å². The number of nitrogens with zero attached hydrogens (tertiary/aromatic N) is 2. The first-order valence-corrected chi connectivity index (χ1v) is 8.96. The Morgan fingerprint density at radius 2 is 1.90 bits per heavy atom. The number of hydrazone groups is 1. The van der Waals surface area contributed by atoms with Crippen LogP contribution in [0.15, 0.2) is 72.4 Å². The van der Waals surface area contributed by atoms with Gasteiger partial charge in [0.1, 0.15) is 18.1 Å². The fourth-order valence-corrected chi connectivity index (χ4v) is 2.82. The summed E-state index contributed by atoms with van der Waals surface area (Å²) in [5.41, 5.74) is 2.96. The number of nitro benzene ring substituents is 1. The van der Waals surface area contributed by atoms with Crippen LogP contribution >= 0.6 is 0 Å². The molecule has 3 rings (SSSR count). The lowest BCUT2D eigenvalue weighted by Crippen LogP contribution is -2.18. The van der Waals surface area contributed by atoms with Crippen molar-refractivity contribution in [2.75, 3.05) is 13.7 Å². The Morgan fingerprint density at radius 1 is 1.17 bits per heavy atom. The van der Waals surface area contributed by atoms with Crippen LogP contribution in [0.4, 0.5) is 5.69 Å². The Hall–Kier alpha value is -4.20. The second kappa shape index (κ2) is 9.33. The SMILES string of the molecule is C=CCOc1ccc([N+](=O)[O-])cc1/C=N\NC(=O)c1cc2ccccc2cc1OC. The molecule has 152 valence electrons. The van der Waals surface area contributed by atoms with E-state index in [2.05, 4.69) is 17.1 Å². The fraction of sp³-hybridized carbons (Fsp3) is 0.0909. The summed E-state index contributed by atoms with van der Waals surface area (Å²) in [5.74, 6) is 0.307. The van der Waals surface area contributed by atoms with Crippen LogP contribution in [0.3, 0.4) is 0 Å². The van der Waals surface area contributed by atoms with Gasteiger partial charge in [-0.25, -0.2) is 5.43 Å². The van der Waals surface area contributed by atoms with E-state index in [-0.39, 0.29) is 12.3 Å². The van der Waals surface area contributed by atoms with Gasteiger partial charge in [-0.3, -0.25) is 14.9 Å². The van der Waals surface area contributed by atoms with E-state index in [9.17, 15) is 14.9 Å². The topological polar surface area (TPSA) is 103 Å². The maximum Gasteiger partial charge on any atom is 0.275 e. The van der Waals surface area contributed by atoms with Crippen molar-refractivity contribution >= 4 is 28.6 Å². The van der Waals surface area contributed by atoms with Gasteiger partial charge in [0.2, 0.25) is 0 Å². The average Bonchev–Trinajstić information content (AvgIpc) is 2.76. The van der Waals surface area contributed by atoms with E-state index in [1.807, 2.05) is 24.3 Å². The highest BCUT2D eigenvalue weighted by atomic mass is 16.6. The van der Waals surface area contributed by atoms with E-state index in [1.165, 1.54) is 31.5 Å². The number of nitro groups is 1. The third-order valence-electron chi connectivity index (χ3n) is 4.24. The number of hydrogen-bond acceptors (Lipinski definition) is 6. The summed E-state index contributed by atoms with van der Waals surface area (Å²) in [6, 6.07) is 15.2. The average molecular weight is 405 g/mol. The van der Waals surface area contributed by atoms with Crippen LogP contribution in [0.5, 0.6) is 11.5 Å². The zero-order valence-electron chi connectivity index (χ0n) is 16.2. The van der Waals surface area contributed by atoms with Gasteiger partial charge in [0.25, 0.3) is 11.6 Å². The predicted octanol–water partition coefficient (Wildman–Crippen LogP) is 4.09. The summed E-state index contributed by atoms with van der Waals surface area (Å²) in [6.45, 7) is 3.79. The summed E-state index contributed by atoms with van der Waals surface area (Å²) in [6.07, 6.45) is 2.84. The van der Waals surface area contributed by atoms with Gasteiger partial charge in [-0.15, -0.1) is 0 Å². The molecule has 30 heavy (non-hydrogen) atoms. The molecule has 0 aliphatic heterocycles. The van der Waals surface area contributed by atoms with Crippen molar-refractivity contribution in [1.82, 2.24) is 5.43 Å². The lowest BCUT2D eigenvalue weighted by molar-refractivity contribution is -0.384. The maximum absolute atomic E-state index is 12.6. The van der Waals surface area contributed by atoms with Crippen LogP contribution in [0.1, 0.15) is 15.9 Å². The monoisotopic (exact) mass is 405 g/mol. The van der Waals surface area contributed by atoms with Gasteiger partial charge in [0.15, 0.2) is 0 Å². The van der Waals surface area contributed by atoms with E-state index in [4.69, 9.17) is 9.47 Å². The number of ether oxygens (including phenoxy) is 2. The maximum atomic E-state index is 12.6. The highest BCUT2D eigenvalue weighted by Gasteiger charge is 2.14. The quantitative estimate of drug-likeness (QED) is 0.263. The number of nitrogens with one attached hydrogen (secondary N) is 1. The molecule has 3 aromatic rings. The predicted molar refractivity (Wildman–Crippen MR) is 114 cm³/mol. The lowest BCUT2D eigenvalue weighted by atomic mass is 10.1. The summed E-state index contributed by atoms with van der Waals surface area (Å²) in [4.78, 5) is 23.2. The summed E-state index contributed by atoms with van der Waals surface area (Å²) < 4.78 is 10.8. The first-order valence-electron chi connectivity index (χ1n) is 8.96. The highest BCUT2D eigenvalue weighted by molar-refractivity contribution is 6.02.